The van der Waals surface area contributed by atoms with Gasteiger partial charge in [0.1, 0.15) is 29.5 Å². The van der Waals surface area contributed by atoms with Crippen LogP contribution in [0.2, 0.25) is 0 Å². The molecule has 2 aromatic carbocycles. The third-order valence-electron chi connectivity index (χ3n) is 3.06. The molecule has 0 aliphatic rings. The van der Waals surface area contributed by atoms with Gasteiger partial charge in [-0.25, -0.2) is 8.78 Å². The minimum Gasteiger partial charge on any atom is -0.491 e. The Kier molecular flexibility index (Phi) is 6.05. The highest BCUT2D eigenvalue weighted by Crippen LogP contribution is 2.19. The van der Waals surface area contributed by atoms with E-state index in [0.717, 1.165) is 12.1 Å². The summed E-state index contributed by atoms with van der Waals surface area (Å²) in [5.41, 5.74) is -0.0959. The number of hydrogen-bond donors (Lipinski definition) is 2. The Morgan fingerprint density at radius 2 is 1.52 bits per heavy atom. The molecule has 2 aromatic rings. The summed E-state index contributed by atoms with van der Waals surface area (Å²) >= 11 is 0. The van der Waals surface area contributed by atoms with E-state index in [1.54, 1.807) is 24.3 Å². The van der Waals surface area contributed by atoms with E-state index >= 15 is 0 Å². The maximum absolute atomic E-state index is 13.5. The number of benzene rings is 2. The molecule has 5 nitrogen and oxygen atoms in total. The zero-order valence-corrected chi connectivity index (χ0v) is 13.8. The number of carbonyl (C=O) groups excluding carboxylic acids is 2. The lowest BCUT2D eigenvalue weighted by atomic mass is 10.2. The quantitative estimate of drug-likeness (QED) is 0.782. The molecule has 0 radical (unpaired) electrons. The van der Waals surface area contributed by atoms with E-state index in [1.165, 1.54) is 6.07 Å². The van der Waals surface area contributed by atoms with E-state index in [2.05, 4.69) is 10.6 Å². The van der Waals surface area contributed by atoms with Crippen molar-refractivity contribution >= 4 is 23.2 Å². The van der Waals surface area contributed by atoms with Crippen LogP contribution in [0, 0.1) is 11.6 Å². The Labute approximate surface area is 144 Å². The van der Waals surface area contributed by atoms with Gasteiger partial charge >= 0.3 is 0 Å². The summed E-state index contributed by atoms with van der Waals surface area (Å²) in [7, 11) is 0. The normalized spacial score (nSPS) is 10.4. The summed E-state index contributed by atoms with van der Waals surface area (Å²) in [5, 5.41) is 4.58. The van der Waals surface area contributed by atoms with Gasteiger partial charge in [0.05, 0.1) is 6.10 Å². The Hall–Kier alpha value is -2.96. The maximum atomic E-state index is 13.5. The molecule has 25 heavy (non-hydrogen) atoms. The second kappa shape index (κ2) is 8.23. The smallest absolute Gasteiger partial charge is 0.233 e. The largest absolute Gasteiger partial charge is 0.491 e. The first-order valence-corrected chi connectivity index (χ1v) is 7.65. The number of anilines is 2. The minimum absolute atomic E-state index is 0.0305. The van der Waals surface area contributed by atoms with Crippen molar-refractivity contribution in [1.29, 1.82) is 0 Å². The van der Waals surface area contributed by atoms with Crippen LogP contribution >= 0.6 is 0 Å². The van der Waals surface area contributed by atoms with Gasteiger partial charge in [-0.15, -0.1) is 0 Å². The first-order valence-electron chi connectivity index (χ1n) is 7.65. The molecule has 0 spiro atoms. The van der Waals surface area contributed by atoms with Crippen molar-refractivity contribution < 1.29 is 23.1 Å². The van der Waals surface area contributed by atoms with Crippen molar-refractivity contribution in [1.82, 2.24) is 0 Å². The first-order chi connectivity index (χ1) is 11.8. The summed E-state index contributed by atoms with van der Waals surface area (Å²) in [4.78, 5) is 23.6. The minimum atomic E-state index is -0.908. The number of nitrogens with one attached hydrogen (secondary N) is 2. The third kappa shape index (κ3) is 5.56. The molecular formula is C18H18F2N2O3. The molecule has 0 aliphatic heterocycles. The average Bonchev–Trinajstić information content (AvgIpc) is 2.52. The second-order valence-electron chi connectivity index (χ2n) is 5.56. The summed E-state index contributed by atoms with van der Waals surface area (Å²) in [5.74, 6) is -2.59. The molecule has 0 heterocycles. The molecule has 7 heteroatoms. The molecule has 2 N–H and O–H groups in total. The highest BCUT2D eigenvalue weighted by atomic mass is 19.1. The van der Waals surface area contributed by atoms with Gasteiger partial charge in [0.15, 0.2) is 0 Å². The topological polar surface area (TPSA) is 67.4 Å². The standard InChI is InChI=1S/C18H18F2N2O3/c1-11(2)25-13-8-6-12(7-9-13)21-16(23)10-17(24)22-18-14(19)4-3-5-15(18)20/h3-9,11H,10H2,1-2H3,(H,21,23)(H,22,24). The molecule has 0 aromatic heterocycles. The Morgan fingerprint density at radius 1 is 0.960 bits per heavy atom. The number of carbonyl (C=O) groups is 2. The van der Waals surface area contributed by atoms with Crippen molar-refractivity contribution in [3.8, 4) is 5.75 Å². The second-order valence-corrected chi connectivity index (χ2v) is 5.56. The van der Waals surface area contributed by atoms with Crippen LogP contribution < -0.4 is 15.4 Å². The molecule has 2 amide bonds. The molecule has 0 atom stereocenters. The first kappa shape index (κ1) is 18.4. The molecule has 0 saturated carbocycles. The predicted molar refractivity (Wildman–Crippen MR) is 90.4 cm³/mol. The van der Waals surface area contributed by atoms with E-state index in [4.69, 9.17) is 4.74 Å². The lowest BCUT2D eigenvalue weighted by molar-refractivity contribution is -0.123. The van der Waals surface area contributed by atoms with Crippen molar-refractivity contribution in [2.45, 2.75) is 26.4 Å². The predicted octanol–water partition coefficient (Wildman–Crippen LogP) is 3.72. The Balaban J connectivity index is 1.90. The highest BCUT2D eigenvalue weighted by molar-refractivity contribution is 6.08. The number of halogens is 2. The van der Waals surface area contributed by atoms with E-state index in [1.807, 2.05) is 13.8 Å². The fraction of sp³-hybridized carbons (Fsp3) is 0.222. The molecule has 0 fully saturated rings. The van der Waals surface area contributed by atoms with Crippen molar-refractivity contribution in [3.63, 3.8) is 0 Å². The number of para-hydroxylation sites is 1. The lowest BCUT2D eigenvalue weighted by Gasteiger charge is -2.11. The summed E-state index contributed by atoms with van der Waals surface area (Å²) in [6, 6.07) is 9.84. The van der Waals surface area contributed by atoms with Crippen LogP contribution in [-0.2, 0) is 9.59 Å². The maximum Gasteiger partial charge on any atom is 0.233 e. The molecular weight excluding hydrogens is 330 g/mol. The van der Waals surface area contributed by atoms with Crippen LogP contribution in [0.1, 0.15) is 20.3 Å². The molecule has 132 valence electrons. The lowest BCUT2D eigenvalue weighted by Crippen LogP contribution is -2.22. The van der Waals surface area contributed by atoms with Gasteiger partial charge in [-0.3, -0.25) is 9.59 Å². The monoisotopic (exact) mass is 348 g/mol. The van der Waals surface area contributed by atoms with Gasteiger partial charge in [-0.2, -0.15) is 0 Å². The van der Waals surface area contributed by atoms with E-state index < -0.39 is 35.6 Å². The van der Waals surface area contributed by atoms with Crippen LogP contribution in [0.25, 0.3) is 0 Å². The molecule has 2 rings (SSSR count). The van der Waals surface area contributed by atoms with Gasteiger partial charge < -0.3 is 15.4 Å². The molecule has 0 unspecified atom stereocenters. The molecule has 0 aliphatic carbocycles. The fourth-order valence-electron chi connectivity index (χ4n) is 2.04. The van der Waals surface area contributed by atoms with E-state index in [9.17, 15) is 18.4 Å². The summed E-state index contributed by atoms with van der Waals surface area (Å²) < 4.78 is 32.4. The molecule has 0 saturated heterocycles. The zero-order chi connectivity index (χ0) is 18.4. The Bertz CT molecular complexity index is 741. The van der Waals surface area contributed by atoms with Crippen LogP contribution in [0.15, 0.2) is 42.5 Å². The summed E-state index contributed by atoms with van der Waals surface area (Å²) in [6.07, 6.45) is -0.541. The van der Waals surface area contributed by atoms with Gasteiger partial charge in [0, 0.05) is 5.69 Å². The van der Waals surface area contributed by atoms with Gasteiger partial charge in [-0.1, -0.05) is 6.07 Å². The zero-order valence-electron chi connectivity index (χ0n) is 13.8. The van der Waals surface area contributed by atoms with Crippen LogP contribution in [0.3, 0.4) is 0 Å². The van der Waals surface area contributed by atoms with Crippen molar-refractivity contribution in [3.05, 3.63) is 54.1 Å². The molecule has 0 bridgehead atoms. The fourth-order valence-corrected chi connectivity index (χ4v) is 2.04. The van der Waals surface area contributed by atoms with Crippen LogP contribution in [-0.4, -0.2) is 17.9 Å². The van der Waals surface area contributed by atoms with Gasteiger partial charge in [0.25, 0.3) is 0 Å². The highest BCUT2D eigenvalue weighted by Gasteiger charge is 2.15. The van der Waals surface area contributed by atoms with E-state index in [0.29, 0.717) is 11.4 Å². The van der Waals surface area contributed by atoms with Gasteiger partial charge in [-0.05, 0) is 50.2 Å². The third-order valence-corrected chi connectivity index (χ3v) is 3.06. The van der Waals surface area contributed by atoms with E-state index in [-0.39, 0.29) is 6.10 Å². The van der Waals surface area contributed by atoms with Crippen molar-refractivity contribution in [2.24, 2.45) is 0 Å². The Morgan fingerprint density at radius 3 is 2.08 bits per heavy atom. The number of ether oxygens (including phenoxy) is 1. The average molecular weight is 348 g/mol. The van der Waals surface area contributed by atoms with Gasteiger partial charge in [0.2, 0.25) is 11.8 Å². The summed E-state index contributed by atoms with van der Waals surface area (Å²) in [6.45, 7) is 3.79. The van der Waals surface area contributed by atoms with Crippen molar-refractivity contribution in [2.75, 3.05) is 10.6 Å². The van der Waals surface area contributed by atoms with Crippen LogP contribution in [0.5, 0.6) is 5.75 Å². The van der Waals surface area contributed by atoms with Crippen LogP contribution in [0.4, 0.5) is 20.2 Å². The number of amides is 2. The number of rotatable bonds is 6. The number of hydrogen-bond acceptors (Lipinski definition) is 3. The SMILES string of the molecule is CC(C)Oc1ccc(NC(=O)CC(=O)Nc2c(F)cccc2F)cc1.